The molecular weight excluding hydrogens is 492 g/mol. The molecule has 0 aliphatic carbocycles. The molecule has 4 aromatic rings. The number of methoxy groups -OCH3 is 3. The van der Waals surface area contributed by atoms with Gasteiger partial charge in [-0.2, -0.15) is 0 Å². The second kappa shape index (κ2) is 12.2. The molecule has 1 aromatic heterocycles. The van der Waals surface area contributed by atoms with Gasteiger partial charge in [0.05, 0.1) is 14.2 Å². The molecule has 38 heavy (non-hydrogen) atoms. The average Bonchev–Trinajstić information content (AvgIpc) is 2.95. The number of Topliss-reactive ketones (excluding diaryl/α,β-unsaturated/α-hetero) is 1. The predicted molar refractivity (Wildman–Crippen MR) is 140 cm³/mol. The zero-order valence-electron chi connectivity index (χ0n) is 21.5. The van der Waals surface area contributed by atoms with Gasteiger partial charge in [-0.15, -0.1) is 0 Å². The first kappa shape index (κ1) is 26.6. The molecule has 0 fully saturated rings. The van der Waals surface area contributed by atoms with Gasteiger partial charge in [0.25, 0.3) is 0 Å². The molecule has 0 aliphatic heterocycles. The van der Waals surface area contributed by atoms with Crippen LogP contribution in [0.4, 0.5) is 0 Å². The highest BCUT2D eigenvalue weighted by Crippen LogP contribution is 2.44. The summed E-state index contributed by atoms with van der Waals surface area (Å²) < 4.78 is 39.0. The second-order valence-corrected chi connectivity index (χ2v) is 8.22. The summed E-state index contributed by atoms with van der Waals surface area (Å²) in [6.07, 6.45) is -0.999. The van der Waals surface area contributed by atoms with Crippen molar-refractivity contribution in [3.8, 4) is 28.7 Å². The zero-order valence-corrected chi connectivity index (χ0v) is 21.5. The third-order valence-electron chi connectivity index (χ3n) is 5.68. The zero-order chi connectivity index (χ0) is 27.1. The van der Waals surface area contributed by atoms with Crippen molar-refractivity contribution in [3.05, 3.63) is 88.3 Å². The van der Waals surface area contributed by atoms with Gasteiger partial charge in [0, 0.05) is 24.1 Å². The first-order chi connectivity index (χ1) is 18.4. The number of carbonyl (C=O) groups is 1. The van der Waals surface area contributed by atoms with Crippen molar-refractivity contribution >= 4 is 16.8 Å². The van der Waals surface area contributed by atoms with E-state index < -0.39 is 11.7 Å². The van der Waals surface area contributed by atoms with Crippen molar-refractivity contribution in [1.82, 2.24) is 0 Å². The lowest BCUT2D eigenvalue weighted by atomic mass is 10.1. The van der Waals surface area contributed by atoms with Crippen LogP contribution in [0.15, 0.2) is 75.9 Å². The first-order valence-electron chi connectivity index (χ1n) is 11.8. The minimum Gasteiger partial charge on any atom is -0.493 e. The maximum absolute atomic E-state index is 13.4. The van der Waals surface area contributed by atoms with Crippen LogP contribution < -0.4 is 29.3 Å². The Bertz CT molecular complexity index is 1460. The van der Waals surface area contributed by atoms with E-state index in [0.717, 1.165) is 5.56 Å². The molecule has 198 valence electrons. The van der Waals surface area contributed by atoms with E-state index in [2.05, 4.69) is 0 Å². The van der Waals surface area contributed by atoms with Crippen molar-refractivity contribution in [2.24, 2.45) is 0 Å². The Morgan fingerprint density at radius 2 is 1.61 bits per heavy atom. The molecule has 0 aliphatic rings. The van der Waals surface area contributed by atoms with Crippen LogP contribution in [0.5, 0.6) is 28.7 Å². The lowest BCUT2D eigenvalue weighted by Crippen LogP contribution is -2.24. The van der Waals surface area contributed by atoms with Gasteiger partial charge in [-0.3, -0.25) is 4.79 Å². The number of rotatable bonds is 12. The summed E-state index contributed by atoms with van der Waals surface area (Å²) in [6, 6.07) is 19.1. The fourth-order valence-corrected chi connectivity index (χ4v) is 3.79. The highest BCUT2D eigenvalue weighted by atomic mass is 16.7. The first-order valence-corrected chi connectivity index (χ1v) is 11.8. The Kier molecular flexibility index (Phi) is 8.50. The van der Waals surface area contributed by atoms with Gasteiger partial charge >= 0.3 is 5.63 Å². The normalized spacial score (nSPS) is 11.6. The van der Waals surface area contributed by atoms with Gasteiger partial charge in [0.2, 0.25) is 17.3 Å². The molecule has 0 bridgehead atoms. The second-order valence-electron chi connectivity index (χ2n) is 8.22. The molecular formula is C29H28O9. The highest BCUT2D eigenvalue weighted by molar-refractivity contribution is 6.00. The van der Waals surface area contributed by atoms with E-state index >= 15 is 0 Å². The Morgan fingerprint density at radius 1 is 0.842 bits per heavy atom. The van der Waals surface area contributed by atoms with Crippen LogP contribution in [0.3, 0.4) is 0 Å². The Balaban J connectivity index is 1.62. The summed E-state index contributed by atoms with van der Waals surface area (Å²) in [6.45, 7) is 1.81. The summed E-state index contributed by atoms with van der Waals surface area (Å²) in [5, 5.41) is 0.530. The average molecular weight is 521 g/mol. The smallest absolute Gasteiger partial charge is 0.336 e. The number of fused-ring (bicyclic) bond motifs is 1. The molecule has 4 rings (SSSR count). The summed E-state index contributed by atoms with van der Waals surface area (Å²) in [7, 11) is 4.43. The van der Waals surface area contributed by atoms with Crippen molar-refractivity contribution in [3.63, 3.8) is 0 Å². The molecule has 0 N–H and O–H groups in total. The van der Waals surface area contributed by atoms with Crippen molar-refractivity contribution in [2.75, 3.05) is 28.1 Å². The minimum atomic E-state index is -0.999. The molecule has 1 unspecified atom stereocenters. The van der Waals surface area contributed by atoms with Crippen molar-refractivity contribution in [2.45, 2.75) is 19.6 Å². The molecule has 0 saturated carbocycles. The van der Waals surface area contributed by atoms with Crippen LogP contribution in [0.1, 0.15) is 22.8 Å². The number of hydrogen-bond donors (Lipinski definition) is 0. The fourth-order valence-electron chi connectivity index (χ4n) is 3.79. The van der Waals surface area contributed by atoms with E-state index in [9.17, 15) is 9.59 Å². The van der Waals surface area contributed by atoms with E-state index in [0.29, 0.717) is 34.8 Å². The monoisotopic (exact) mass is 520 g/mol. The molecule has 1 heterocycles. The van der Waals surface area contributed by atoms with Crippen LogP contribution in [-0.4, -0.2) is 40.0 Å². The molecule has 0 amide bonds. The number of hydrogen-bond acceptors (Lipinski definition) is 9. The summed E-state index contributed by atoms with van der Waals surface area (Å²) >= 11 is 0. The van der Waals surface area contributed by atoms with Gasteiger partial charge in [0.1, 0.15) is 6.61 Å². The van der Waals surface area contributed by atoms with Crippen LogP contribution >= 0.6 is 0 Å². The summed E-state index contributed by atoms with van der Waals surface area (Å²) in [4.78, 5) is 25.4. The lowest BCUT2D eigenvalue weighted by Gasteiger charge is -2.20. The standard InChI is InChI=1S/C29H28O9/c1-18(26(31)20-10-12-22(23(14-20)33-3)35-16-19-8-6-5-7-9-19)37-29-27-21(11-13-25(30)38-27)15-24(34-4)28(29)36-17-32-2/h5-15,18H,16-17H2,1-4H3. The number of carbonyl (C=O) groups excluding carboxylic acids is 1. The third kappa shape index (κ3) is 5.90. The Morgan fingerprint density at radius 3 is 2.32 bits per heavy atom. The maximum atomic E-state index is 13.4. The Hall–Kier alpha value is -4.50. The van der Waals surface area contributed by atoms with Gasteiger partial charge in [-0.25, -0.2) is 4.79 Å². The van der Waals surface area contributed by atoms with Crippen molar-refractivity contribution in [1.29, 1.82) is 0 Å². The molecule has 1 atom stereocenters. The molecule has 0 saturated heterocycles. The largest absolute Gasteiger partial charge is 0.493 e. The van der Waals surface area contributed by atoms with Gasteiger partial charge < -0.3 is 32.8 Å². The summed E-state index contributed by atoms with van der Waals surface area (Å²) in [5.41, 5.74) is 0.876. The molecule has 9 heteroatoms. The molecule has 3 aromatic carbocycles. The van der Waals surface area contributed by atoms with Gasteiger partial charge in [-0.1, -0.05) is 30.3 Å². The summed E-state index contributed by atoms with van der Waals surface area (Å²) in [5.74, 6) is 1.06. The minimum absolute atomic E-state index is 0.0460. The van der Waals surface area contributed by atoms with Crippen LogP contribution in [0, 0.1) is 0 Å². The van der Waals surface area contributed by atoms with E-state index in [1.807, 2.05) is 30.3 Å². The molecule has 0 radical (unpaired) electrons. The lowest BCUT2D eigenvalue weighted by molar-refractivity contribution is 0.0451. The Labute approximate surface area is 219 Å². The number of benzene rings is 3. The maximum Gasteiger partial charge on any atom is 0.336 e. The molecule has 9 nitrogen and oxygen atoms in total. The van der Waals surface area contributed by atoms with Crippen LogP contribution in [0.2, 0.25) is 0 Å². The van der Waals surface area contributed by atoms with E-state index in [4.69, 9.17) is 32.8 Å². The number of ether oxygens (including phenoxy) is 6. The SMILES string of the molecule is COCOc1c(OC)cc2ccc(=O)oc2c1OC(C)C(=O)c1ccc(OCc2ccccc2)c(OC)c1. The van der Waals surface area contributed by atoms with E-state index in [-0.39, 0.29) is 29.7 Å². The van der Waals surface area contributed by atoms with Crippen LogP contribution in [0.25, 0.3) is 11.0 Å². The number of ketones is 1. The highest BCUT2D eigenvalue weighted by Gasteiger charge is 2.26. The van der Waals surface area contributed by atoms with Crippen molar-refractivity contribution < 1.29 is 37.6 Å². The quantitative estimate of drug-likeness (QED) is 0.145. The third-order valence-corrected chi connectivity index (χ3v) is 5.68. The van der Waals surface area contributed by atoms with E-state index in [1.165, 1.54) is 27.4 Å². The molecule has 0 spiro atoms. The van der Waals surface area contributed by atoms with Crippen LogP contribution in [-0.2, 0) is 11.3 Å². The predicted octanol–water partition coefficient (Wildman–Crippen LogP) is 5.02. The van der Waals surface area contributed by atoms with Gasteiger partial charge in [-0.05, 0) is 42.8 Å². The van der Waals surface area contributed by atoms with E-state index in [1.54, 1.807) is 37.3 Å². The van der Waals surface area contributed by atoms with Gasteiger partial charge in [0.15, 0.2) is 35.7 Å². The topological polar surface area (TPSA) is 103 Å². The fraction of sp³-hybridized carbons (Fsp3) is 0.241.